The Morgan fingerprint density at radius 3 is 2.47 bits per heavy atom. The fourth-order valence-electron chi connectivity index (χ4n) is 1.59. The summed E-state index contributed by atoms with van der Waals surface area (Å²) in [5, 5.41) is 2.65. The Balaban J connectivity index is 2.70. The van der Waals surface area contributed by atoms with Crippen molar-refractivity contribution in [1.29, 1.82) is 0 Å². The van der Waals surface area contributed by atoms with Gasteiger partial charge in [-0.05, 0) is 12.0 Å². The standard InChI is InChI=1S/C13H18N2O2/c1-2-12(16)11(15-13(17)9-14)8-10-6-4-3-5-7-10/h3-7,11H,2,8-9,14H2,1H3,(H,15,17). The second-order valence-electron chi connectivity index (χ2n) is 3.83. The highest BCUT2D eigenvalue weighted by atomic mass is 16.2. The summed E-state index contributed by atoms with van der Waals surface area (Å²) >= 11 is 0. The van der Waals surface area contributed by atoms with E-state index in [1.54, 1.807) is 6.92 Å². The average Bonchev–Trinajstić information content (AvgIpc) is 2.38. The van der Waals surface area contributed by atoms with Gasteiger partial charge in [0.2, 0.25) is 5.91 Å². The van der Waals surface area contributed by atoms with E-state index in [4.69, 9.17) is 5.73 Å². The van der Waals surface area contributed by atoms with E-state index in [0.29, 0.717) is 12.8 Å². The molecule has 4 heteroatoms. The molecule has 0 radical (unpaired) electrons. The molecule has 1 atom stereocenters. The van der Waals surface area contributed by atoms with E-state index in [1.807, 2.05) is 30.3 Å². The molecule has 0 fully saturated rings. The van der Waals surface area contributed by atoms with Crippen molar-refractivity contribution in [3.05, 3.63) is 35.9 Å². The fourth-order valence-corrected chi connectivity index (χ4v) is 1.59. The Bertz CT molecular complexity index is 376. The van der Waals surface area contributed by atoms with Crippen LogP contribution in [0.25, 0.3) is 0 Å². The van der Waals surface area contributed by atoms with Crippen molar-refractivity contribution >= 4 is 11.7 Å². The minimum atomic E-state index is -0.474. The van der Waals surface area contributed by atoms with Gasteiger partial charge >= 0.3 is 0 Å². The first-order chi connectivity index (χ1) is 8.17. The lowest BCUT2D eigenvalue weighted by atomic mass is 10.0. The number of ketones is 1. The normalized spacial score (nSPS) is 11.9. The maximum absolute atomic E-state index is 11.7. The topological polar surface area (TPSA) is 72.2 Å². The second kappa shape index (κ2) is 6.81. The third kappa shape index (κ3) is 4.36. The molecule has 0 heterocycles. The van der Waals surface area contributed by atoms with Crippen LogP contribution in [-0.2, 0) is 16.0 Å². The molecule has 0 aliphatic carbocycles. The van der Waals surface area contributed by atoms with Crippen molar-refractivity contribution in [3.8, 4) is 0 Å². The Hall–Kier alpha value is -1.68. The quantitative estimate of drug-likeness (QED) is 0.759. The number of carbonyl (C=O) groups is 2. The van der Waals surface area contributed by atoms with Crippen LogP contribution in [0, 0.1) is 0 Å². The largest absolute Gasteiger partial charge is 0.345 e. The molecule has 1 unspecified atom stereocenters. The zero-order chi connectivity index (χ0) is 12.7. The summed E-state index contributed by atoms with van der Waals surface area (Å²) in [5.41, 5.74) is 6.26. The molecular formula is C13H18N2O2. The molecule has 1 aromatic rings. The third-order valence-corrected chi connectivity index (χ3v) is 2.54. The van der Waals surface area contributed by atoms with Crippen LogP contribution in [0.4, 0.5) is 0 Å². The Morgan fingerprint density at radius 1 is 1.29 bits per heavy atom. The monoisotopic (exact) mass is 234 g/mol. The molecule has 4 nitrogen and oxygen atoms in total. The van der Waals surface area contributed by atoms with Crippen LogP contribution in [0.1, 0.15) is 18.9 Å². The Labute approximate surface area is 101 Å². The summed E-state index contributed by atoms with van der Waals surface area (Å²) in [6.45, 7) is 1.69. The SMILES string of the molecule is CCC(=O)C(Cc1ccccc1)NC(=O)CN. The molecule has 17 heavy (non-hydrogen) atoms. The minimum absolute atomic E-state index is 0.0238. The van der Waals surface area contributed by atoms with Gasteiger partial charge in [-0.1, -0.05) is 37.3 Å². The molecule has 3 N–H and O–H groups in total. The van der Waals surface area contributed by atoms with E-state index in [1.165, 1.54) is 0 Å². The number of Topliss-reactive ketones (excluding diaryl/α,β-unsaturated/α-hetero) is 1. The van der Waals surface area contributed by atoms with E-state index in [9.17, 15) is 9.59 Å². The summed E-state index contributed by atoms with van der Waals surface area (Å²) in [5.74, 6) is -0.275. The van der Waals surface area contributed by atoms with Gasteiger partial charge in [-0.3, -0.25) is 9.59 Å². The predicted molar refractivity (Wildman–Crippen MR) is 66.4 cm³/mol. The molecule has 0 saturated heterocycles. The van der Waals surface area contributed by atoms with Gasteiger partial charge in [0.05, 0.1) is 12.6 Å². The highest BCUT2D eigenvalue weighted by molar-refractivity contribution is 5.89. The lowest BCUT2D eigenvalue weighted by molar-refractivity contribution is -0.126. The van der Waals surface area contributed by atoms with E-state index in [0.717, 1.165) is 5.56 Å². The van der Waals surface area contributed by atoms with Crippen molar-refractivity contribution in [1.82, 2.24) is 5.32 Å². The summed E-state index contributed by atoms with van der Waals surface area (Å²) in [6, 6.07) is 9.13. The molecular weight excluding hydrogens is 216 g/mol. The molecule has 0 spiro atoms. The first kappa shape index (κ1) is 13.4. The van der Waals surface area contributed by atoms with Gasteiger partial charge in [-0.2, -0.15) is 0 Å². The number of carbonyl (C=O) groups excluding carboxylic acids is 2. The van der Waals surface area contributed by atoms with Crippen molar-refractivity contribution in [2.45, 2.75) is 25.8 Å². The van der Waals surface area contributed by atoms with Crippen LogP contribution < -0.4 is 11.1 Å². The first-order valence-corrected chi connectivity index (χ1v) is 5.73. The Kier molecular flexibility index (Phi) is 5.36. The molecule has 92 valence electrons. The molecule has 0 aliphatic rings. The molecule has 1 rings (SSSR count). The van der Waals surface area contributed by atoms with Crippen LogP contribution in [0.2, 0.25) is 0 Å². The lowest BCUT2D eigenvalue weighted by Gasteiger charge is -2.16. The van der Waals surface area contributed by atoms with Crippen molar-refractivity contribution in [2.24, 2.45) is 5.73 Å². The molecule has 1 amide bonds. The van der Waals surface area contributed by atoms with Crippen molar-refractivity contribution in [3.63, 3.8) is 0 Å². The van der Waals surface area contributed by atoms with E-state index in [2.05, 4.69) is 5.32 Å². The van der Waals surface area contributed by atoms with Crippen molar-refractivity contribution in [2.75, 3.05) is 6.54 Å². The van der Waals surface area contributed by atoms with Gasteiger partial charge in [0.25, 0.3) is 0 Å². The summed E-state index contributed by atoms with van der Waals surface area (Å²) in [4.78, 5) is 23.0. The summed E-state index contributed by atoms with van der Waals surface area (Å²) in [7, 11) is 0. The number of hydrogen-bond acceptors (Lipinski definition) is 3. The number of amides is 1. The highest BCUT2D eigenvalue weighted by Crippen LogP contribution is 2.05. The van der Waals surface area contributed by atoms with Gasteiger partial charge in [0.15, 0.2) is 5.78 Å². The summed E-state index contributed by atoms with van der Waals surface area (Å²) < 4.78 is 0. The van der Waals surface area contributed by atoms with Gasteiger partial charge < -0.3 is 11.1 Å². The number of nitrogens with one attached hydrogen (secondary N) is 1. The molecule has 0 aromatic heterocycles. The van der Waals surface area contributed by atoms with Gasteiger partial charge in [0.1, 0.15) is 0 Å². The van der Waals surface area contributed by atoms with E-state index < -0.39 is 6.04 Å². The number of nitrogens with two attached hydrogens (primary N) is 1. The molecule has 0 bridgehead atoms. The van der Waals surface area contributed by atoms with Crippen LogP contribution >= 0.6 is 0 Å². The third-order valence-electron chi connectivity index (χ3n) is 2.54. The van der Waals surface area contributed by atoms with Crippen molar-refractivity contribution < 1.29 is 9.59 Å². The second-order valence-corrected chi connectivity index (χ2v) is 3.83. The lowest BCUT2D eigenvalue weighted by Crippen LogP contribution is -2.44. The van der Waals surface area contributed by atoms with Gasteiger partial charge in [-0.15, -0.1) is 0 Å². The fraction of sp³-hybridized carbons (Fsp3) is 0.385. The van der Waals surface area contributed by atoms with Crippen LogP contribution in [0.15, 0.2) is 30.3 Å². The maximum atomic E-state index is 11.7. The zero-order valence-electron chi connectivity index (χ0n) is 9.98. The predicted octanol–water partition coefficient (Wildman–Crippen LogP) is 0.652. The smallest absolute Gasteiger partial charge is 0.234 e. The number of rotatable bonds is 6. The van der Waals surface area contributed by atoms with Crippen LogP contribution in [-0.4, -0.2) is 24.3 Å². The average molecular weight is 234 g/mol. The number of benzene rings is 1. The van der Waals surface area contributed by atoms with Crippen LogP contribution in [0.3, 0.4) is 0 Å². The number of hydrogen-bond donors (Lipinski definition) is 2. The van der Waals surface area contributed by atoms with Crippen LogP contribution in [0.5, 0.6) is 0 Å². The molecule has 1 aromatic carbocycles. The summed E-state index contributed by atoms with van der Waals surface area (Å²) in [6.07, 6.45) is 0.918. The maximum Gasteiger partial charge on any atom is 0.234 e. The van der Waals surface area contributed by atoms with E-state index >= 15 is 0 Å². The van der Waals surface area contributed by atoms with Gasteiger partial charge in [-0.25, -0.2) is 0 Å². The Morgan fingerprint density at radius 2 is 1.94 bits per heavy atom. The van der Waals surface area contributed by atoms with E-state index in [-0.39, 0.29) is 18.2 Å². The first-order valence-electron chi connectivity index (χ1n) is 5.73. The molecule has 0 aliphatic heterocycles. The molecule has 0 saturated carbocycles. The zero-order valence-corrected chi connectivity index (χ0v) is 9.98. The highest BCUT2D eigenvalue weighted by Gasteiger charge is 2.18. The van der Waals surface area contributed by atoms with Gasteiger partial charge in [0, 0.05) is 6.42 Å². The minimum Gasteiger partial charge on any atom is -0.345 e.